The Morgan fingerprint density at radius 2 is 1.97 bits per heavy atom. The molecule has 3 aromatic heterocycles. The van der Waals surface area contributed by atoms with Crippen molar-refractivity contribution < 1.29 is 26.0 Å². The molecule has 0 saturated heterocycles. The number of rotatable bonds is 6. The molecule has 0 unspecified atom stereocenters. The van der Waals surface area contributed by atoms with Gasteiger partial charge in [0.1, 0.15) is 22.8 Å². The highest BCUT2D eigenvalue weighted by atomic mass is 32.2. The lowest BCUT2D eigenvalue weighted by atomic mass is 10.1. The van der Waals surface area contributed by atoms with Crippen molar-refractivity contribution in [2.45, 2.75) is 37.4 Å². The van der Waals surface area contributed by atoms with E-state index >= 15 is 0 Å². The van der Waals surface area contributed by atoms with Crippen LogP contribution in [0.1, 0.15) is 25.0 Å². The summed E-state index contributed by atoms with van der Waals surface area (Å²) in [6.45, 7) is 2.46. The Morgan fingerprint density at radius 1 is 1.22 bits per heavy atom. The number of nitriles is 1. The first-order valence-electron chi connectivity index (χ1n) is 10.6. The van der Waals surface area contributed by atoms with E-state index in [1.54, 1.807) is 34.4 Å². The zero-order valence-electron chi connectivity index (χ0n) is 18.9. The maximum absolute atomic E-state index is 14.6. The molecule has 36 heavy (non-hydrogen) atoms. The number of fused-ring (bicyclic) bond motifs is 1. The zero-order chi connectivity index (χ0) is 26.3. The number of benzene rings is 1. The second-order valence-electron chi connectivity index (χ2n) is 7.83. The lowest BCUT2D eigenvalue weighted by Crippen LogP contribution is -2.42. The second kappa shape index (κ2) is 9.29. The van der Waals surface area contributed by atoms with Crippen LogP contribution in [0.5, 0.6) is 0 Å². The van der Waals surface area contributed by atoms with Gasteiger partial charge >= 0.3 is 6.18 Å². The number of aromatic nitrogens is 4. The van der Waals surface area contributed by atoms with E-state index in [2.05, 4.69) is 15.2 Å². The van der Waals surface area contributed by atoms with E-state index in [1.165, 1.54) is 18.3 Å². The summed E-state index contributed by atoms with van der Waals surface area (Å²) in [5.74, 6) is -0.199. The molecule has 4 rings (SSSR count). The highest BCUT2D eigenvalue weighted by molar-refractivity contribution is 7.89. The maximum Gasteiger partial charge on any atom is 0.404 e. The summed E-state index contributed by atoms with van der Waals surface area (Å²) in [6, 6.07) is 8.13. The molecule has 1 atom stereocenters. The van der Waals surface area contributed by atoms with E-state index in [1.807, 2.05) is 6.07 Å². The monoisotopic (exact) mass is 518 g/mol. The van der Waals surface area contributed by atoms with E-state index in [4.69, 9.17) is 0 Å². The molecule has 0 aliphatic carbocycles. The Morgan fingerprint density at radius 3 is 2.53 bits per heavy atom. The average molecular weight is 518 g/mol. The van der Waals surface area contributed by atoms with Gasteiger partial charge in [-0.2, -0.15) is 28.3 Å². The van der Waals surface area contributed by atoms with Crippen LogP contribution in [0.25, 0.3) is 28.1 Å². The molecule has 1 aromatic carbocycles. The van der Waals surface area contributed by atoms with Gasteiger partial charge in [-0.3, -0.25) is 9.55 Å². The number of pyridine rings is 1. The second-order valence-corrected chi connectivity index (χ2v) is 9.54. The van der Waals surface area contributed by atoms with Gasteiger partial charge in [0.15, 0.2) is 5.82 Å². The van der Waals surface area contributed by atoms with Crippen molar-refractivity contribution >= 4 is 20.9 Å². The molecular formula is C23H18F4N6O2S. The first-order chi connectivity index (χ1) is 17.0. The number of sulfonamides is 1. The van der Waals surface area contributed by atoms with Gasteiger partial charge in [0, 0.05) is 17.8 Å². The van der Waals surface area contributed by atoms with Crippen LogP contribution >= 0.6 is 0 Å². The standard InChI is InChI=1S/C23H18F4N6O2S/c1-3-14-9-20-16(10-18(14)24)17(11-28)22(33(20)21-5-4-8-30-31-21)19-7-6-15(12-29-19)36(34,35)32-13(2)23(25,26)27/h4-10,12-13,32H,3H2,1-2H3/t13-/m0/s1. The Hall–Kier alpha value is -3.89. The molecule has 3 heterocycles. The molecule has 13 heteroatoms. The number of nitrogens with one attached hydrogen (secondary N) is 1. The van der Waals surface area contributed by atoms with Gasteiger partial charge in [0.05, 0.1) is 22.5 Å². The molecule has 4 aromatic rings. The summed E-state index contributed by atoms with van der Waals surface area (Å²) in [7, 11) is -4.54. The average Bonchev–Trinajstić information content (AvgIpc) is 3.16. The number of aryl methyl sites for hydroxylation is 1. The normalized spacial score (nSPS) is 13.0. The Labute approximate surface area is 203 Å². The molecule has 0 radical (unpaired) electrons. The fraction of sp³-hybridized carbons (Fsp3) is 0.217. The van der Waals surface area contributed by atoms with Crippen molar-refractivity contribution in [3.8, 4) is 23.3 Å². The summed E-state index contributed by atoms with van der Waals surface area (Å²) in [5.41, 5.74) is 1.24. The third kappa shape index (κ3) is 4.52. The van der Waals surface area contributed by atoms with Gasteiger partial charge in [-0.15, -0.1) is 5.10 Å². The lowest BCUT2D eigenvalue weighted by Gasteiger charge is -2.17. The highest BCUT2D eigenvalue weighted by Crippen LogP contribution is 2.36. The van der Waals surface area contributed by atoms with Crippen LogP contribution in [0.15, 0.2) is 53.7 Å². The molecule has 0 aliphatic rings. The van der Waals surface area contributed by atoms with E-state index < -0.39 is 33.0 Å². The fourth-order valence-electron chi connectivity index (χ4n) is 3.67. The minimum Gasteiger partial charge on any atom is -0.289 e. The molecule has 0 fully saturated rings. The van der Waals surface area contributed by atoms with Crippen molar-refractivity contribution in [2.75, 3.05) is 0 Å². The summed E-state index contributed by atoms with van der Waals surface area (Å²) in [5, 5.41) is 18.2. The number of nitrogens with zero attached hydrogens (tertiary/aromatic N) is 5. The Kier molecular flexibility index (Phi) is 6.50. The largest absolute Gasteiger partial charge is 0.404 e. The van der Waals surface area contributed by atoms with Crippen molar-refractivity contribution in [2.24, 2.45) is 0 Å². The Bertz CT molecular complexity index is 1580. The van der Waals surface area contributed by atoms with E-state index in [9.17, 15) is 31.2 Å². The van der Waals surface area contributed by atoms with Gasteiger partial charge in [0.2, 0.25) is 10.0 Å². The van der Waals surface area contributed by atoms with Gasteiger partial charge in [-0.25, -0.2) is 12.8 Å². The molecular weight excluding hydrogens is 500 g/mol. The van der Waals surface area contributed by atoms with Crippen LogP contribution in [0, 0.1) is 17.1 Å². The highest BCUT2D eigenvalue weighted by Gasteiger charge is 2.39. The molecule has 0 bridgehead atoms. The summed E-state index contributed by atoms with van der Waals surface area (Å²) >= 11 is 0. The number of alkyl halides is 3. The van der Waals surface area contributed by atoms with Gasteiger partial charge in [-0.05, 0) is 55.3 Å². The predicted molar refractivity (Wildman–Crippen MR) is 122 cm³/mol. The molecule has 0 amide bonds. The summed E-state index contributed by atoms with van der Waals surface area (Å²) < 4.78 is 81.1. The van der Waals surface area contributed by atoms with Gasteiger partial charge in [-0.1, -0.05) is 6.92 Å². The van der Waals surface area contributed by atoms with E-state index in [0.717, 1.165) is 12.3 Å². The van der Waals surface area contributed by atoms with Crippen LogP contribution in [-0.2, 0) is 16.4 Å². The maximum atomic E-state index is 14.6. The minimum atomic E-state index is -4.77. The predicted octanol–water partition coefficient (Wildman–Crippen LogP) is 4.28. The number of hydrogen-bond acceptors (Lipinski definition) is 6. The van der Waals surface area contributed by atoms with Gasteiger partial charge in [0.25, 0.3) is 0 Å². The molecule has 0 aliphatic heterocycles. The van der Waals surface area contributed by atoms with Crippen molar-refractivity contribution in [1.29, 1.82) is 5.26 Å². The van der Waals surface area contributed by atoms with Crippen LogP contribution < -0.4 is 4.72 Å². The van der Waals surface area contributed by atoms with Crippen molar-refractivity contribution in [3.63, 3.8) is 0 Å². The van der Waals surface area contributed by atoms with Crippen LogP contribution in [0.3, 0.4) is 0 Å². The summed E-state index contributed by atoms with van der Waals surface area (Å²) in [6.07, 6.45) is -2.05. The third-order valence-electron chi connectivity index (χ3n) is 5.53. The molecule has 1 N–H and O–H groups in total. The summed E-state index contributed by atoms with van der Waals surface area (Å²) in [4.78, 5) is 3.63. The third-order valence-corrected chi connectivity index (χ3v) is 7.05. The van der Waals surface area contributed by atoms with Crippen LogP contribution in [0.4, 0.5) is 17.6 Å². The van der Waals surface area contributed by atoms with E-state index in [0.29, 0.717) is 30.2 Å². The lowest BCUT2D eigenvalue weighted by molar-refractivity contribution is -0.147. The molecule has 0 saturated carbocycles. The smallest absolute Gasteiger partial charge is 0.289 e. The first kappa shape index (κ1) is 25.2. The van der Waals surface area contributed by atoms with Crippen molar-refractivity contribution in [3.05, 3.63) is 65.7 Å². The zero-order valence-corrected chi connectivity index (χ0v) is 19.7. The van der Waals surface area contributed by atoms with Crippen LogP contribution in [-0.4, -0.2) is 40.4 Å². The Balaban J connectivity index is 1.91. The fourth-order valence-corrected chi connectivity index (χ4v) is 4.85. The van der Waals surface area contributed by atoms with E-state index in [-0.39, 0.29) is 22.3 Å². The SMILES string of the molecule is CCc1cc2c(cc1F)c(C#N)c(-c1ccc(S(=O)(=O)N[C@@H](C)C(F)(F)F)cn1)n2-c1cccnn1. The van der Waals surface area contributed by atoms with Crippen molar-refractivity contribution in [1.82, 2.24) is 24.5 Å². The van der Waals surface area contributed by atoms with Gasteiger partial charge < -0.3 is 0 Å². The number of hydrogen-bond donors (Lipinski definition) is 1. The molecule has 186 valence electrons. The minimum absolute atomic E-state index is 0.0594. The molecule has 0 spiro atoms. The topological polar surface area (TPSA) is 114 Å². The first-order valence-corrected chi connectivity index (χ1v) is 12.1. The number of halogens is 4. The molecule has 8 nitrogen and oxygen atoms in total. The quantitative estimate of drug-likeness (QED) is 0.381. The van der Waals surface area contributed by atoms with Crippen LogP contribution in [0.2, 0.25) is 0 Å².